The van der Waals surface area contributed by atoms with E-state index in [0.717, 1.165) is 36.7 Å². The van der Waals surface area contributed by atoms with Crippen molar-refractivity contribution in [3.05, 3.63) is 71.8 Å². The predicted octanol–water partition coefficient (Wildman–Crippen LogP) is 3.34. The van der Waals surface area contributed by atoms with Crippen LogP contribution in [0, 0.1) is 6.92 Å². The van der Waals surface area contributed by atoms with Gasteiger partial charge < -0.3 is 15.1 Å². The van der Waals surface area contributed by atoms with E-state index in [1.807, 2.05) is 36.4 Å². The number of hydrogen-bond donors (Lipinski definition) is 1. The van der Waals surface area contributed by atoms with Crippen LogP contribution in [0.5, 0.6) is 0 Å². The van der Waals surface area contributed by atoms with Crippen molar-refractivity contribution in [2.75, 3.05) is 36.4 Å². The fourth-order valence-corrected chi connectivity index (χ4v) is 3.36. The quantitative estimate of drug-likeness (QED) is 0.658. The first-order valence-corrected chi connectivity index (χ1v) is 9.89. The number of rotatable bonds is 6. The summed E-state index contributed by atoms with van der Waals surface area (Å²) in [7, 11) is 0. The largest absolute Gasteiger partial charge is 0.366 e. The monoisotopic (exact) mass is 387 g/mol. The van der Waals surface area contributed by atoms with E-state index in [4.69, 9.17) is 9.97 Å². The van der Waals surface area contributed by atoms with Crippen molar-refractivity contribution in [3.63, 3.8) is 0 Å². The van der Waals surface area contributed by atoms with Gasteiger partial charge in [-0.1, -0.05) is 60.2 Å². The molecule has 1 saturated heterocycles. The van der Waals surface area contributed by atoms with Crippen molar-refractivity contribution in [1.82, 2.24) is 14.9 Å². The minimum Gasteiger partial charge on any atom is -0.366 e. The molecule has 29 heavy (non-hydrogen) atoms. The Morgan fingerprint density at radius 1 is 0.966 bits per heavy atom. The normalized spacial score (nSPS) is 14.0. The zero-order chi connectivity index (χ0) is 20.1. The first kappa shape index (κ1) is 18.9. The average molecular weight is 387 g/mol. The molecule has 1 aliphatic heterocycles. The van der Waals surface area contributed by atoms with E-state index in [-0.39, 0.29) is 0 Å². The lowest BCUT2D eigenvalue weighted by atomic mass is 10.1. The van der Waals surface area contributed by atoms with Crippen LogP contribution in [0.2, 0.25) is 0 Å². The maximum Gasteiger partial charge on any atom is 0.209 e. The number of carbonyl (C=O) groups is 1. The Balaban J connectivity index is 1.59. The third-order valence-corrected chi connectivity index (χ3v) is 5.13. The fraction of sp³-hybridized carbons (Fsp3) is 0.261. The van der Waals surface area contributed by atoms with E-state index in [2.05, 4.69) is 41.4 Å². The van der Waals surface area contributed by atoms with Crippen LogP contribution >= 0.6 is 0 Å². The number of anilines is 2. The van der Waals surface area contributed by atoms with Crippen LogP contribution in [0.15, 0.2) is 60.7 Å². The zero-order valence-corrected chi connectivity index (χ0v) is 16.6. The Labute approximate surface area is 171 Å². The predicted molar refractivity (Wildman–Crippen MR) is 116 cm³/mol. The minimum absolute atomic E-state index is 0.698. The van der Waals surface area contributed by atoms with Gasteiger partial charge in [-0.25, -0.2) is 9.97 Å². The minimum atomic E-state index is 0.698. The maximum atomic E-state index is 11.0. The van der Waals surface area contributed by atoms with E-state index in [9.17, 15) is 4.79 Å². The first-order valence-electron chi connectivity index (χ1n) is 9.89. The Morgan fingerprint density at radius 3 is 2.38 bits per heavy atom. The number of piperazine rings is 1. The van der Waals surface area contributed by atoms with Crippen molar-refractivity contribution in [1.29, 1.82) is 0 Å². The zero-order valence-electron chi connectivity index (χ0n) is 16.6. The number of benzene rings is 2. The third kappa shape index (κ3) is 4.71. The molecule has 1 aliphatic rings. The summed E-state index contributed by atoms with van der Waals surface area (Å²) in [6, 6.07) is 20.5. The highest BCUT2D eigenvalue weighted by molar-refractivity contribution is 5.62. The van der Waals surface area contributed by atoms with Gasteiger partial charge in [0.05, 0.1) is 0 Å². The summed E-state index contributed by atoms with van der Waals surface area (Å²) >= 11 is 0. The van der Waals surface area contributed by atoms with Crippen LogP contribution in [-0.2, 0) is 11.3 Å². The molecule has 2 heterocycles. The number of nitrogens with one attached hydrogen (secondary N) is 1. The number of hydrogen-bond acceptors (Lipinski definition) is 5. The first-order chi connectivity index (χ1) is 14.2. The molecule has 1 N–H and O–H groups in total. The van der Waals surface area contributed by atoms with E-state index in [0.29, 0.717) is 25.5 Å². The molecule has 0 radical (unpaired) electrons. The van der Waals surface area contributed by atoms with Crippen LogP contribution in [0.3, 0.4) is 0 Å². The summed E-state index contributed by atoms with van der Waals surface area (Å²) in [5.41, 5.74) is 3.44. The van der Waals surface area contributed by atoms with Crippen molar-refractivity contribution in [3.8, 4) is 11.4 Å². The van der Waals surface area contributed by atoms with Crippen LogP contribution in [0.25, 0.3) is 11.4 Å². The van der Waals surface area contributed by atoms with Crippen LogP contribution in [-0.4, -0.2) is 47.5 Å². The summed E-state index contributed by atoms with van der Waals surface area (Å²) in [5.74, 6) is 2.38. The summed E-state index contributed by atoms with van der Waals surface area (Å²) in [4.78, 5) is 24.6. The van der Waals surface area contributed by atoms with Gasteiger partial charge in [0, 0.05) is 44.4 Å². The van der Waals surface area contributed by atoms with Crippen molar-refractivity contribution < 1.29 is 4.79 Å². The van der Waals surface area contributed by atoms with Gasteiger partial charge in [-0.2, -0.15) is 0 Å². The summed E-state index contributed by atoms with van der Waals surface area (Å²) < 4.78 is 0. The lowest BCUT2D eigenvalue weighted by Crippen LogP contribution is -2.46. The number of amides is 1. The van der Waals surface area contributed by atoms with Gasteiger partial charge in [0.15, 0.2) is 5.82 Å². The molecule has 0 spiro atoms. The number of aromatic nitrogens is 2. The second-order valence-electron chi connectivity index (χ2n) is 7.27. The fourth-order valence-electron chi connectivity index (χ4n) is 3.36. The van der Waals surface area contributed by atoms with Crippen molar-refractivity contribution in [2.45, 2.75) is 13.5 Å². The van der Waals surface area contributed by atoms with Crippen LogP contribution in [0.1, 0.15) is 11.1 Å². The Bertz CT molecular complexity index is 951. The molecule has 2 aromatic carbocycles. The van der Waals surface area contributed by atoms with E-state index in [1.165, 1.54) is 11.1 Å². The third-order valence-electron chi connectivity index (χ3n) is 5.13. The highest BCUT2D eigenvalue weighted by Gasteiger charge is 2.18. The van der Waals surface area contributed by atoms with Gasteiger partial charge in [0.1, 0.15) is 11.6 Å². The van der Waals surface area contributed by atoms with Gasteiger partial charge in [-0.15, -0.1) is 0 Å². The molecule has 0 saturated carbocycles. The summed E-state index contributed by atoms with van der Waals surface area (Å²) in [6.07, 6.45) is 0.918. The van der Waals surface area contributed by atoms with Gasteiger partial charge in [-0.05, 0) is 12.5 Å². The Morgan fingerprint density at radius 2 is 1.69 bits per heavy atom. The molecule has 148 valence electrons. The highest BCUT2D eigenvalue weighted by atomic mass is 16.1. The molecular formula is C23H25N5O. The topological polar surface area (TPSA) is 61.4 Å². The van der Waals surface area contributed by atoms with E-state index < -0.39 is 0 Å². The van der Waals surface area contributed by atoms with Crippen molar-refractivity contribution in [2.24, 2.45) is 0 Å². The van der Waals surface area contributed by atoms with Gasteiger partial charge >= 0.3 is 0 Å². The number of aryl methyl sites for hydroxylation is 1. The van der Waals surface area contributed by atoms with Gasteiger partial charge in [0.25, 0.3) is 0 Å². The Hall–Kier alpha value is -3.41. The summed E-state index contributed by atoms with van der Waals surface area (Å²) in [6.45, 7) is 5.73. The molecule has 0 atom stereocenters. The maximum absolute atomic E-state index is 11.0. The standard InChI is InChI=1S/C23H25N5O/c1-18-7-9-19(10-8-18)16-24-21-15-22(28-13-11-27(17-29)12-14-28)26-23(25-21)20-5-3-2-4-6-20/h2-10,15,17H,11-14,16H2,1H3,(H,24,25,26). The molecule has 6 nitrogen and oxygen atoms in total. The van der Waals surface area contributed by atoms with Gasteiger partial charge in [0.2, 0.25) is 6.41 Å². The lowest BCUT2D eigenvalue weighted by molar-refractivity contribution is -0.118. The van der Waals surface area contributed by atoms with Crippen LogP contribution in [0.4, 0.5) is 11.6 Å². The SMILES string of the molecule is Cc1ccc(CNc2cc(N3CCN(C=O)CC3)nc(-c3ccccc3)n2)cc1. The van der Waals surface area contributed by atoms with Crippen LogP contribution < -0.4 is 10.2 Å². The molecule has 0 unspecified atom stereocenters. The average Bonchev–Trinajstić information content (AvgIpc) is 2.79. The van der Waals surface area contributed by atoms with Crippen molar-refractivity contribution >= 4 is 18.0 Å². The number of nitrogens with zero attached hydrogens (tertiary/aromatic N) is 4. The van der Waals surface area contributed by atoms with Gasteiger partial charge in [-0.3, -0.25) is 4.79 Å². The second kappa shape index (κ2) is 8.73. The van der Waals surface area contributed by atoms with E-state index in [1.54, 1.807) is 4.90 Å². The molecule has 1 aromatic heterocycles. The molecule has 1 fully saturated rings. The molecule has 0 aliphatic carbocycles. The molecule has 6 heteroatoms. The summed E-state index contributed by atoms with van der Waals surface area (Å²) in [5, 5.41) is 3.45. The molecule has 4 rings (SSSR count). The molecule has 0 bridgehead atoms. The van der Waals surface area contributed by atoms with E-state index >= 15 is 0 Å². The molecular weight excluding hydrogens is 362 g/mol. The molecule has 1 amide bonds. The number of carbonyl (C=O) groups excluding carboxylic acids is 1. The molecule has 3 aromatic rings. The smallest absolute Gasteiger partial charge is 0.209 e. The second-order valence-corrected chi connectivity index (χ2v) is 7.27. The Kier molecular flexibility index (Phi) is 5.70. The highest BCUT2D eigenvalue weighted by Crippen LogP contribution is 2.23. The lowest BCUT2D eigenvalue weighted by Gasteiger charge is -2.33.